The van der Waals surface area contributed by atoms with Crippen LogP contribution in [0.15, 0.2) is 18.2 Å². The molecule has 1 aromatic rings. The number of nitrogens with one attached hydrogen (secondary N) is 1. The Hall–Kier alpha value is -1.42. The van der Waals surface area contributed by atoms with Crippen molar-refractivity contribution in [1.29, 1.82) is 0 Å². The number of halogens is 1. The van der Waals surface area contributed by atoms with Crippen molar-refractivity contribution in [3.63, 3.8) is 0 Å². The van der Waals surface area contributed by atoms with Crippen molar-refractivity contribution in [3.05, 3.63) is 29.6 Å². The number of carbonyl (C=O) groups is 1. The summed E-state index contributed by atoms with van der Waals surface area (Å²) in [6.07, 6.45) is 0.988. The van der Waals surface area contributed by atoms with Crippen molar-refractivity contribution in [3.8, 4) is 0 Å². The highest BCUT2D eigenvalue weighted by Crippen LogP contribution is 2.23. The summed E-state index contributed by atoms with van der Waals surface area (Å²) in [5.74, 6) is -0.522. The summed E-state index contributed by atoms with van der Waals surface area (Å²) in [6.45, 7) is 0. The van der Waals surface area contributed by atoms with Gasteiger partial charge in [0.25, 0.3) is 0 Å². The molecule has 0 fully saturated rings. The van der Waals surface area contributed by atoms with Crippen LogP contribution in [0.1, 0.15) is 12.0 Å². The van der Waals surface area contributed by atoms with E-state index in [-0.39, 0.29) is 11.7 Å². The van der Waals surface area contributed by atoms with Gasteiger partial charge in [-0.05, 0) is 25.0 Å². The summed E-state index contributed by atoms with van der Waals surface area (Å²) in [4.78, 5) is 11.3. The molecule has 1 atom stereocenters. The first-order valence-electron chi connectivity index (χ1n) is 4.52. The number of hydrogen-bond donors (Lipinski definition) is 2. The zero-order chi connectivity index (χ0) is 10.1. The molecule has 1 aromatic carbocycles. The van der Waals surface area contributed by atoms with Gasteiger partial charge >= 0.3 is 0 Å². The maximum absolute atomic E-state index is 13.3. The van der Waals surface area contributed by atoms with Gasteiger partial charge in [0.15, 0.2) is 0 Å². The van der Waals surface area contributed by atoms with Crippen molar-refractivity contribution in [2.24, 2.45) is 5.73 Å². The summed E-state index contributed by atoms with van der Waals surface area (Å²) in [5.41, 5.74) is 6.67. The highest BCUT2D eigenvalue weighted by atomic mass is 19.1. The number of amides is 1. The number of anilines is 1. The number of carbonyl (C=O) groups excluding carboxylic acids is 1. The van der Waals surface area contributed by atoms with E-state index in [0.717, 1.165) is 0 Å². The van der Waals surface area contributed by atoms with E-state index < -0.39 is 6.04 Å². The van der Waals surface area contributed by atoms with Gasteiger partial charge in [-0.15, -0.1) is 0 Å². The summed E-state index contributed by atoms with van der Waals surface area (Å²) < 4.78 is 13.3. The molecule has 0 aliphatic carbocycles. The third-order valence-corrected chi connectivity index (χ3v) is 2.42. The van der Waals surface area contributed by atoms with Gasteiger partial charge < -0.3 is 11.1 Å². The molecule has 1 heterocycles. The lowest BCUT2D eigenvalue weighted by molar-refractivity contribution is -0.117. The van der Waals surface area contributed by atoms with Crippen molar-refractivity contribution in [1.82, 2.24) is 0 Å². The molecule has 4 heteroatoms. The second kappa shape index (κ2) is 3.38. The van der Waals surface area contributed by atoms with Gasteiger partial charge in [-0.1, -0.05) is 6.07 Å². The Morgan fingerprint density at radius 1 is 1.50 bits per heavy atom. The molecule has 3 nitrogen and oxygen atoms in total. The smallest absolute Gasteiger partial charge is 0.241 e. The van der Waals surface area contributed by atoms with Gasteiger partial charge in [0.05, 0.1) is 6.04 Å². The quantitative estimate of drug-likeness (QED) is 0.648. The van der Waals surface area contributed by atoms with Crippen molar-refractivity contribution in [2.45, 2.75) is 18.9 Å². The van der Waals surface area contributed by atoms with Crippen LogP contribution < -0.4 is 11.1 Å². The Balaban J connectivity index is 2.42. The molecule has 0 bridgehead atoms. The minimum absolute atomic E-state index is 0.241. The van der Waals surface area contributed by atoms with Crippen LogP contribution in [0.2, 0.25) is 0 Å². The van der Waals surface area contributed by atoms with Gasteiger partial charge in [0.2, 0.25) is 5.91 Å². The van der Waals surface area contributed by atoms with Crippen molar-refractivity contribution >= 4 is 11.6 Å². The SMILES string of the molecule is N[C@H]1CCc2c(F)cccc2NC1=O. The highest BCUT2D eigenvalue weighted by molar-refractivity contribution is 5.96. The maximum atomic E-state index is 13.3. The molecule has 0 saturated heterocycles. The molecule has 74 valence electrons. The Morgan fingerprint density at radius 3 is 3.07 bits per heavy atom. The maximum Gasteiger partial charge on any atom is 0.241 e. The topological polar surface area (TPSA) is 55.1 Å². The van der Waals surface area contributed by atoms with Gasteiger partial charge in [-0.3, -0.25) is 4.79 Å². The summed E-state index contributed by atoms with van der Waals surface area (Å²) in [7, 11) is 0. The highest BCUT2D eigenvalue weighted by Gasteiger charge is 2.21. The lowest BCUT2D eigenvalue weighted by atomic mass is 10.1. The third kappa shape index (κ3) is 1.48. The van der Waals surface area contributed by atoms with Crippen LogP contribution in [0, 0.1) is 5.82 Å². The first-order chi connectivity index (χ1) is 6.68. The lowest BCUT2D eigenvalue weighted by Crippen LogP contribution is -2.34. The second-order valence-electron chi connectivity index (χ2n) is 3.40. The molecular formula is C10H11FN2O. The summed E-state index contributed by atoms with van der Waals surface area (Å²) >= 11 is 0. The Bertz CT molecular complexity index is 378. The molecule has 0 spiro atoms. The van der Waals surface area contributed by atoms with Crippen molar-refractivity contribution < 1.29 is 9.18 Å². The number of nitrogens with two attached hydrogens (primary N) is 1. The first-order valence-corrected chi connectivity index (χ1v) is 4.52. The van der Waals surface area contributed by atoms with E-state index >= 15 is 0 Å². The molecule has 0 aromatic heterocycles. The molecule has 1 aliphatic rings. The van der Waals surface area contributed by atoms with Crippen LogP contribution in [0.25, 0.3) is 0 Å². The molecule has 1 aliphatic heterocycles. The molecular weight excluding hydrogens is 183 g/mol. The minimum Gasteiger partial charge on any atom is -0.324 e. The second-order valence-corrected chi connectivity index (χ2v) is 3.40. The minimum atomic E-state index is -0.540. The van der Waals surface area contributed by atoms with Crippen molar-refractivity contribution in [2.75, 3.05) is 5.32 Å². The molecule has 0 saturated carbocycles. The molecule has 3 N–H and O–H groups in total. The Labute approximate surface area is 81.1 Å². The van der Waals surface area contributed by atoms with Crippen LogP contribution >= 0.6 is 0 Å². The van der Waals surface area contributed by atoms with Gasteiger partial charge in [-0.2, -0.15) is 0 Å². The molecule has 0 unspecified atom stereocenters. The Kier molecular flexibility index (Phi) is 2.21. The normalized spacial score (nSPS) is 21.0. The number of rotatable bonds is 0. The zero-order valence-electron chi connectivity index (χ0n) is 7.59. The first kappa shape index (κ1) is 9.15. The average molecular weight is 194 g/mol. The summed E-state index contributed by atoms with van der Waals surface area (Å²) in [5, 5.41) is 2.61. The van der Waals surface area contributed by atoms with Crippen LogP contribution in [-0.2, 0) is 11.2 Å². The number of hydrogen-bond acceptors (Lipinski definition) is 2. The average Bonchev–Trinajstić information content (AvgIpc) is 2.29. The predicted molar refractivity (Wildman–Crippen MR) is 51.3 cm³/mol. The monoisotopic (exact) mass is 194 g/mol. The van der Waals surface area contributed by atoms with E-state index in [1.54, 1.807) is 12.1 Å². The van der Waals surface area contributed by atoms with Crippen LogP contribution in [0.4, 0.5) is 10.1 Å². The van der Waals surface area contributed by atoms with E-state index in [1.807, 2.05) is 0 Å². The van der Waals surface area contributed by atoms with Crippen LogP contribution in [-0.4, -0.2) is 11.9 Å². The standard InChI is InChI=1S/C10H11FN2O/c11-7-2-1-3-9-6(7)4-5-8(12)10(14)13-9/h1-3,8H,4-5,12H2,(H,13,14)/t8-/m0/s1. The molecule has 14 heavy (non-hydrogen) atoms. The van der Waals surface area contributed by atoms with E-state index in [0.29, 0.717) is 24.1 Å². The fourth-order valence-electron chi connectivity index (χ4n) is 1.59. The fraction of sp³-hybridized carbons (Fsp3) is 0.300. The predicted octanol–water partition coefficient (Wildman–Crippen LogP) is 1.04. The van der Waals surface area contributed by atoms with Crippen LogP contribution in [0.5, 0.6) is 0 Å². The molecule has 1 amide bonds. The Morgan fingerprint density at radius 2 is 2.29 bits per heavy atom. The van der Waals surface area contributed by atoms with Gasteiger partial charge in [-0.25, -0.2) is 4.39 Å². The summed E-state index contributed by atoms with van der Waals surface area (Å²) in [6, 6.07) is 4.11. The third-order valence-electron chi connectivity index (χ3n) is 2.42. The zero-order valence-corrected chi connectivity index (χ0v) is 7.59. The molecule has 2 rings (SSSR count). The van der Waals surface area contributed by atoms with Gasteiger partial charge in [0, 0.05) is 11.3 Å². The number of benzene rings is 1. The van der Waals surface area contributed by atoms with Crippen LogP contribution in [0.3, 0.4) is 0 Å². The van der Waals surface area contributed by atoms with E-state index in [9.17, 15) is 9.18 Å². The van der Waals surface area contributed by atoms with E-state index in [4.69, 9.17) is 5.73 Å². The number of fused-ring (bicyclic) bond motifs is 1. The van der Waals surface area contributed by atoms with E-state index in [2.05, 4.69) is 5.32 Å². The van der Waals surface area contributed by atoms with E-state index in [1.165, 1.54) is 6.07 Å². The molecule has 0 radical (unpaired) electrons. The van der Waals surface area contributed by atoms with Gasteiger partial charge in [0.1, 0.15) is 5.82 Å². The lowest BCUT2D eigenvalue weighted by Gasteiger charge is -2.06. The fourth-order valence-corrected chi connectivity index (χ4v) is 1.59. The largest absolute Gasteiger partial charge is 0.324 e.